The fourth-order valence-corrected chi connectivity index (χ4v) is 2.23. The number of fused-ring (bicyclic) bond motifs is 1. The second-order valence-corrected chi connectivity index (χ2v) is 4.17. The van der Waals surface area contributed by atoms with Crippen molar-refractivity contribution in [1.82, 2.24) is 5.32 Å². The Morgan fingerprint density at radius 3 is 3.15 bits per heavy atom. The van der Waals surface area contributed by atoms with Crippen molar-refractivity contribution in [2.24, 2.45) is 0 Å². The lowest BCUT2D eigenvalue weighted by Gasteiger charge is -2.24. The normalized spacial score (nSPS) is 21.2. The minimum Gasteiger partial charge on any atom is -0.307 e. The quantitative estimate of drug-likeness (QED) is 0.800. The number of rotatable bonds is 1. The van der Waals surface area contributed by atoms with Crippen LogP contribution in [-0.2, 0) is 13.0 Å². The third kappa shape index (κ3) is 1.76. The van der Waals surface area contributed by atoms with Gasteiger partial charge in [-0.25, -0.2) is 4.39 Å². The summed E-state index contributed by atoms with van der Waals surface area (Å²) in [7, 11) is 0. The van der Waals surface area contributed by atoms with Gasteiger partial charge >= 0.3 is 0 Å². The van der Waals surface area contributed by atoms with E-state index in [2.05, 4.69) is 27.3 Å². The summed E-state index contributed by atoms with van der Waals surface area (Å²) in [6.45, 7) is 0.483. The maximum atomic E-state index is 12.4. The van der Waals surface area contributed by atoms with E-state index in [0.717, 1.165) is 17.4 Å². The summed E-state index contributed by atoms with van der Waals surface area (Å²) in [4.78, 5) is 0. The highest BCUT2D eigenvalue weighted by molar-refractivity contribution is 9.10. The molecular formula is C10H11BrFN. The van der Waals surface area contributed by atoms with Gasteiger partial charge in [0.1, 0.15) is 6.67 Å². The SMILES string of the molecule is FCC1Cc2cccc(Br)c2CN1. The Morgan fingerprint density at radius 2 is 2.38 bits per heavy atom. The Morgan fingerprint density at radius 1 is 1.54 bits per heavy atom. The zero-order chi connectivity index (χ0) is 9.26. The zero-order valence-electron chi connectivity index (χ0n) is 7.19. The van der Waals surface area contributed by atoms with E-state index >= 15 is 0 Å². The molecule has 70 valence electrons. The molecule has 0 aliphatic carbocycles. The molecule has 0 saturated heterocycles. The topological polar surface area (TPSA) is 12.0 Å². The predicted molar refractivity (Wildman–Crippen MR) is 54.4 cm³/mol. The Balaban J connectivity index is 2.31. The largest absolute Gasteiger partial charge is 0.307 e. The van der Waals surface area contributed by atoms with E-state index in [9.17, 15) is 4.39 Å². The van der Waals surface area contributed by atoms with Gasteiger partial charge in [0.15, 0.2) is 0 Å². The molecule has 1 nitrogen and oxygen atoms in total. The first kappa shape index (κ1) is 9.16. The molecule has 0 saturated carbocycles. The number of hydrogen-bond donors (Lipinski definition) is 1. The molecule has 1 aliphatic rings. The first-order valence-corrected chi connectivity index (χ1v) is 5.16. The molecule has 0 aromatic heterocycles. The van der Waals surface area contributed by atoms with Crippen molar-refractivity contribution in [1.29, 1.82) is 0 Å². The minimum atomic E-state index is -0.286. The summed E-state index contributed by atoms with van der Waals surface area (Å²) in [6.07, 6.45) is 0.797. The third-order valence-electron chi connectivity index (χ3n) is 2.44. The van der Waals surface area contributed by atoms with E-state index in [-0.39, 0.29) is 12.7 Å². The average molecular weight is 244 g/mol. The van der Waals surface area contributed by atoms with Gasteiger partial charge in [-0.05, 0) is 23.6 Å². The van der Waals surface area contributed by atoms with Crippen molar-refractivity contribution in [3.63, 3.8) is 0 Å². The molecule has 0 spiro atoms. The van der Waals surface area contributed by atoms with E-state index in [1.54, 1.807) is 0 Å². The molecule has 3 heteroatoms. The van der Waals surface area contributed by atoms with Gasteiger partial charge in [0.25, 0.3) is 0 Å². The fourth-order valence-electron chi connectivity index (χ4n) is 1.69. The van der Waals surface area contributed by atoms with Crippen molar-refractivity contribution in [2.75, 3.05) is 6.67 Å². The van der Waals surface area contributed by atoms with E-state index in [0.29, 0.717) is 0 Å². The van der Waals surface area contributed by atoms with Crippen LogP contribution in [0.1, 0.15) is 11.1 Å². The Bertz CT molecular complexity index is 314. The van der Waals surface area contributed by atoms with Crippen molar-refractivity contribution in [3.8, 4) is 0 Å². The van der Waals surface area contributed by atoms with E-state index in [1.165, 1.54) is 11.1 Å². The zero-order valence-corrected chi connectivity index (χ0v) is 8.77. The number of halogens is 2. The number of alkyl halides is 1. The summed E-state index contributed by atoms with van der Waals surface area (Å²) >= 11 is 3.49. The van der Waals surface area contributed by atoms with Crippen LogP contribution in [0.5, 0.6) is 0 Å². The first-order valence-electron chi connectivity index (χ1n) is 4.37. The van der Waals surface area contributed by atoms with Crippen LogP contribution in [0.3, 0.4) is 0 Å². The van der Waals surface area contributed by atoms with Crippen LogP contribution < -0.4 is 5.32 Å². The summed E-state index contributed by atoms with van der Waals surface area (Å²) in [6, 6.07) is 6.10. The first-order chi connectivity index (χ1) is 6.31. The molecule has 1 atom stereocenters. The highest BCUT2D eigenvalue weighted by Gasteiger charge is 2.18. The Kier molecular flexibility index (Phi) is 2.65. The lowest BCUT2D eigenvalue weighted by Crippen LogP contribution is -2.37. The molecule has 0 amide bonds. The second kappa shape index (κ2) is 3.76. The van der Waals surface area contributed by atoms with Gasteiger partial charge in [-0.2, -0.15) is 0 Å². The van der Waals surface area contributed by atoms with Gasteiger partial charge in [0, 0.05) is 17.1 Å². The van der Waals surface area contributed by atoms with Gasteiger partial charge in [0.2, 0.25) is 0 Å². The standard InChI is InChI=1S/C10H11BrFN/c11-10-3-1-2-7-4-8(5-12)13-6-9(7)10/h1-3,8,13H,4-6H2. The molecule has 1 aromatic carbocycles. The van der Waals surface area contributed by atoms with Gasteiger partial charge in [-0.1, -0.05) is 28.1 Å². The molecule has 0 bridgehead atoms. The van der Waals surface area contributed by atoms with Gasteiger partial charge in [-0.3, -0.25) is 0 Å². The van der Waals surface area contributed by atoms with Crippen LogP contribution in [-0.4, -0.2) is 12.7 Å². The lowest BCUT2D eigenvalue weighted by molar-refractivity contribution is 0.358. The minimum absolute atomic E-state index is 0.00167. The van der Waals surface area contributed by atoms with Crippen LogP contribution in [0.2, 0.25) is 0 Å². The maximum Gasteiger partial charge on any atom is 0.105 e. The van der Waals surface area contributed by atoms with Crippen LogP contribution in [0, 0.1) is 0 Å². The molecule has 1 N–H and O–H groups in total. The molecule has 13 heavy (non-hydrogen) atoms. The molecule has 1 heterocycles. The molecule has 0 fully saturated rings. The number of benzene rings is 1. The predicted octanol–water partition coefficient (Wildman–Crippen LogP) is 2.43. The monoisotopic (exact) mass is 243 g/mol. The van der Waals surface area contributed by atoms with Crippen LogP contribution in [0.25, 0.3) is 0 Å². The molecule has 1 aromatic rings. The van der Waals surface area contributed by atoms with Crippen molar-refractivity contribution < 1.29 is 4.39 Å². The van der Waals surface area contributed by atoms with Crippen LogP contribution in [0.15, 0.2) is 22.7 Å². The smallest absolute Gasteiger partial charge is 0.105 e. The van der Waals surface area contributed by atoms with Crippen LogP contribution in [0.4, 0.5) is 4.39 Å². The van der Waals surface area contributed by atoms with Gasteiger partial charge in [-0.15, -0.1) is 0 Å². The summed E-state index contributed by atoms with van der Waals surface area (Å²) in [5, 5.41) is 3.16. The highest BCUT2D eigenvalue weighted by atomic mass is 79.9. The highest BCUT2D eigenvalue weighted by Crippen LogP contribution is 2.24. The van der Waals surface area contributed by atoms with Crippen molar-refractivity contribution in [2.45, 2.75) is 19.0 Å². The van der Waals surface area contributed by atoms with E-state index in [1.807, 2.05) is 12.1 Å². The van der Waals surface area contributed by atoms with Crippen molar-refractivity contribution in [3.05, 3.63) is 33.8 Å². The Hall–Kier alpha value is -0.410. The molecule has 2 rings (SSSR count). The summed E-state index contributed by atoms with van der Waals surface area (Å²) in [5.74, 6) is 0. The van der Waals surface area contributed by atoms with E-state index < -0.39 is 0 Å². The Labute approximate surface area is 85.5 Å². The lowest BCUT2D eigenvalue weighted by atomic mass is 9.97. The third-order valence-corrected chi connectivity index (χ3v) is 3.18. The molecule has 1 unspecified atom stereocenters. The van der Waals surface area contributed by atoms with Crippen LogP contribution >= 0.6 is 15.9 Å². The van der Waals surface area contributed by atoms with Crippen molar-refractivity contribution >= 4 is 15.9 Å². The second-order valence-electron chi connectivity index (χ2n) is 3.31. The molecule has 0 radical (unpaired) electrons. The number of nitrogens with one attached hydrogen (secondary N) is 1. The summed E-state index contributed by atoms with van der Waals surface area (Å²) in [5.41, 5.74) is 2.53. The van der Waals surface area contributed by atoms with Gasteiger partial charge < -0.3 is 5.32 Å². The average Bonchev–Trinajstić information content (AvgIpc) is 2.18. The van der Waals surface area contributed by atoms with E-state index in [4.69, 9.17) is 0 Å². The molecule has 1 aliphatic heterocycles. The summed E-state index contributed by atoms with van der Waals surface area (Å²) < 4.78 is 13.5. The van der Waals surface area contributed by atoms with Gasteiger partial charge in [0.05, 0.1) is 0 Å². The number of hydrogen-bond acceptors (Lipinski definition) is 1. The molecular weight excluding hydrogens is 233 g/mol. The fraction of sp³-hybridized carbons (Fsp3) is 0.400. The maximum absolute atomic E-state index is 12.4.